The van der Waals surface area contributed by atoms with Gasteiger partial charge in [-0.05, 0) is 60.7 Å². The highest BCUT2D eigenvalue weighted by molar-refractivity contribution is 6.00. The second kappa shape index (κ2) is 8.54. The van der Waals surface area contributed by atoms with Gasteiger partial charge in [0.1, 0.15) is 5.75 Å². The number of nitrogens with zero attached hydrogens (tertiary/aromatic N) is 1. The summed E-state index contributed by atoms with van der Waals surface area (Å²) in [5.41, 5.74) is 5.45. The lowest BCUT2D eigenvalue weighted by molar-refractivity contribution is -0.139. The molecule has 0 unspecified atom stereocenters. The van der Waals surface area contributed by atoms with E-state index in [0.29, 0.717) is 12.3 Å². The maximum atomic E-state index is 12.7. The van der Waals surface area contributed by atoms with E-state index in [0.717, 1.165) is 28.8 Å². The minimum atomic E-state index is -0.457. The van der Waals surface area contributed by atoms with Crippen LogP contribution in [0, 0.1) is 19.8 Å². The van der Waals surface area contributed by atoms with Gasteiger partial charge in [-0.2, -0.15) is 0 Å². The SMILES string of the molecule is Cc1cccc(N2C[C@H](C(=O)Oc3ccc(Cc4ccccc4)cc3)CC2=O)c1C. The van der Waals surface area contributed by atoms with Gasteiger partial charge in [0.2, 0.25) is 5.91 Å². The standard InChI is InChI=1S/C26H25NO3/c1-18-7-6-10-24(19(18)2)27-17-22(16-25(27)28)26(29)30-23-13-11-21(12-14-23)15-20-8-4-3-5-9-20/h3-14,22H,15-17H2,1-2H3/t22-/m1/s1. The Morgan fingerprint density at radius 1 is 0.933 bits per heavy atom. The quantitative estimate of drug-likeness (QED) is 0.455. The zero-order valence-corrected chi connectivity index (χ0v) is 17.3. The molecule has 1 heterocycles. The maximum absolute atomic E-state index is 12.7. The van der Waals surface area contributed by atoms with Gasteiger partial charge in [-0.15, -0.1) is 0 Å². The predicted octanol–water partition coefficient (Wildman–Crippen LogP) is 4.85. The van der Waals surface area contributed by atoms with Crippen LogP contribution in [-0.2, 0) is 16.0 Å². The number of anilines is 1. The number of hydrogen-bond donors (Lipinski definition) is 0. The van der Waals surface area contributed by atoms with Crippen molar-refractivity contribution in [1.82, 2.24) is 0 Å². The fourth-order valence-electron chi connectivity index (χ4n) is 3.83. The van der Waals surface area contributed by atoms with Crippen molar-refractivity contribution in [3.05, 3.63) is 95.1 Å². The predicted molar refractivity (Wildman–Crippen MR) is 118 cm³/mol. The van der Waals surface area contributed by atoms with Crippen molar-refractivity contribution in [3.63, 3.8) is 0 Å². The van der Waals surface area contributed by atoms with E-state index < -0.39 is 5.92 Å². The average molecular weight is 399 g/mol. The molecule has 152 valence electrons. The second-order valence-corrected chi connectivity index (χ2v) is 7.85. The van der Waals surface area contributed by atoms with E-state index >= 15 is 0 Å². The summed E-state index contributed by atoms with van der Waals surface area (Å²) in [5.74, 6) is -0.341. The summed E-state index contributed by atoms with van der Waals surface area (Å²) >= 11 is 0. The van der Waals surface area contributed by atoms with Crippen LogP contribution in [0.15, 0.2) is 72.8 Å². The third-order valence-corrected chi connectivity index (χ3v) is 5.72. The Bertz CT molecular complexity index is 1060. The summed E-state index contributed by atoms with van der Waals surface area (Å²) in [6.07, 6.45) is 1.01. The zero-order chi connectivity index (χ0) is 21.1. The van der Waals surface area contributed by atoms with Gasteiger partial charge >= 0.3 is 5.97 Å². The van der Waals surface area contributed by atoms with E-state index in [1.54, 1.807) is 4.90 Å². The van der Waals surface area contributed by atoms with E-state index in [1.165, 1.54) is 5.56 Å². The van der Waals surface area contributed by atoms with Crippen LogP contribution in [0.1, 0.15) is 28.7 Å². The molecule has 4 nitrogen and oxygen atoms in total. The molecular weight excluding hydrogens is 374 g/mol. The van der Waals surface area contributed by atoms with Crippen molar-refractivity contribution < 1.29 is 14.3 Å². The monoisotopic (exact) mass is 399 g/mol. The molecule has 1 aliphatic rings. The van der Waals surface area contributed by atoms with Gasteiger partial charge in [-0.25, -0.2) is 0 Å². The van der Waals surface area contributed by atoms with Crippen molar-refractivity contribution in [2.75, 3.05) is 11.4 Å². The Hall–Kier alpha value is -3.40. The third-order valence-electron chi connectivity index (χ3n) is 5.72. The first-order chi connectivity index (χ1) is 14.5. The van der Waals surface area contributed by atoms with Gasteiger partial charge in [-0.3, -0.25) is 9.59 Å². The molecule has 4 heteroatoms. The number of rotatable bonds is 5. The number of carbonyl (C=O) groups excluding carboxylic acids is 2. The molecule has 0 spiro atoms. The summed E-state index contributed by atoms with van der Waals surface area (Å²) in [6, 6.07) is 23.7. The smallest absolute Gasteiger partial charge is 0.316 e. The molecule has 3 aromatic carbocycles. The Balaban J connectivity index is 1.39. The molecule has 0 bridgehead atoms. The van der Waals surface area contributed by atoms with Crippen molar-refractivity contribution in [1.29, 1.82) is 0 Å². The summed E-state index contributed by atoms with van der Waals surface area (Å²) in [6.45, 7) is 4.38. The molecule has 0 saturated carbocycles. The van der Waals surface area contributed by atoms with Crippen LogP contribution in [0.2, 0.25) is 0 Å². The molecule has 1 fully saturated rings. The highest BCUT2D eigenvalue weighted by Gasteiger charge is 2.37. The molecule has 1 aliphatic heterocycles. The number of amides is 1. The number of carbonyl (C=O) groups is 2. The second-order valence-electron chi connectivity index (χ2n) is 7.85. The average Bonchev–Trinajstić information content (AvgIpc) is 3.14. The molecule has 1 atom stereocenters. The molecule has 4 rings (SSSR count). The molecule has 1 amide bonds. The van der Waals surface area contributed by atoms with E-state index in [9.17, 15) is 9.59 Å². The summed E-state index contributed by atoms with van der Waals surface area (Å²) < 4.78 is 5.57. The normalized spacial score (nSPS) is 16.0. The molecule has 3 aromatic rings. The first kappa shape index (κ1) is 19.9. The summed E-state index contributed by atoms with van der Waals surface area (Å²) in [5, 5.41) is 0. The fourth-order valence-corrected chi connectivity index (χ4v) is 3.83. The Labute approximate surface area is 177 Å². The number of aryl methyl sites for hydroxylation is 1. The lowest BCUT2D eigenvalue weighted by Gasteiger charge is -2.20. The summed E-state index contributed by atoms with van der Waals surface area (Å²) in [7, 11) is 0. The van der Waals surface area contributed by atoms with Crippen LogP contribution in [0.4, 0.5) is 5.69 Å². The zero-order valence-electron chi connectivity index (χ0n) is 17.3. The number of hydrogen-bond acceptors (Lipinski definition) is 3. The van der Waals surface area contributed by atoms with Gasteiger partial charge in [0, 0.05) is 18.7 Å². The van der Waals surface area contributed by atoms with Crippen molar-refractivity contribution in [2.45, 2.75) is 26.7 Å². The molecule has 0 N–H and O–H groups in total. The first-order valence-corrected chi connectivity index (χ1v) is 10.2. The van der Waals surface area contributed by atoms with Crippen molar-refractivity contribution >= 4 is 17.6 Å². The number of esters is 1. The van der Waals surface area contributed by atoms with Crippen LogP contribution in [-0.4, -0.2) is 18.4 Å². The first-order valence-electron chi connectivity index (χ1n) is 10.2. The van der Waals surface area contributed by atoms with Gasteiger partial charge in [0.15, 0.2) is 0 Å². The maximum Gasteiger partial charge on any atom is 0.316 e. The molecule has 1 saturated heterocycles. The molecule has 0 radical (unpaired) electrons. The minimum Gasteiger partial charge on any atom is -0.426 e. The number of benzene rings is 3. The van der Waals surface area contributed by atoms with E-state index in [4.69, 9.17) is 4.74 Å². The molecule has 0 aliphatic carbocycles. The van der Waals surface area contributed by atoms with E-state index in [-0.39, 0.29) is 18.3 Å². The van der Waals surface area contributed by atoms with Crippen LogP contribution in [0.25, 0.3) is 0 Å². The minimum absolute atomic E-state index is 0.0381. The van der Waals surface area contributed by atoms with Crippen LogP contribution < -0.4 is 9.64 Å². The lowest BCUT2D eigenvalue weighted by atomic mass is 10.1. The Morgan fingerprint density at radius 3 is 2.37 bits per heavy atom. The highest BCUT2D eigenvalue weighted by Crippen LogP contribution is 2.30. The van der Waals surface area contributed by atoms with E-state index in [1.807, 2.05) is 74.5 Å². The van der Waals surface area contributed by atoms with E-state index in [2.05, 4.69) is 12.1 Å². The van der Waals surface area contributed by atoms with Gasteiger partial charge in [-0.1, -0.05) is 54.6 Å². The molecule has 0 aromatic heterocycles. The topological polar surface area (TPSA) is 46.6 Å². The molecule has 30 heavy (non-hydrogen) atoms. The van der Waals surface area contributed by atoms with Crippen LogP contribution in [0.3, 0.4) is 0 Å². The Kier molecular flexibility index (Phi) is 5.66. The summed E-state index contributed by atoms with van der Waals surface area (Å²) in [4.78, 5) is 26.9. The van der Waals surface area contributed by atoms with Crippen LogP contribution >= 0.6 is 0 Å². The largest absolute Gasteiger partial charge is 0.426 e. The van der Waals surface area contributed by atoms with Gasteiger partial charge in [0.25, 0.3) is 0 Å². The highest BCUT2D eigenvalue weighted by atomic mass is 16.5. The Morgan fingerprint density at radius 2 is 1.63 bits per heavy atom. The molecular formula is C26H25NO3. The third kappa shape index (κ3) is 4.28. The van der Waals surface area contributed by atoms with Gasteiger partial charge in [0.05, 0.1) is 5.92 Å². The lowest BCUT2D eigenvalue weighted by Crippen LogP contribution is -2.28. The van der Waals surface area contributed by atoms with Gasteiger partial charge < -0.3 is 9.64 Å². The van der Waals surface area contributed by atoms with Crippen molar-refractivity contribution in [3.8, 4) is 5.75 Å². The van der Waals surface area contributed by atoms with Crippen LogP contribution in [0.5, 0.6) is 5.75 Å². The number of ether oxygens (including phenoxy) is 1. The van der Waals surface area contributed by atoms with Crippen molar-refractivity contribution in [2.24, 2.45) is 5.92 Å². The fraction of sp³-hybridized carbons (Fsp3) is 0.231.